The standard InChI is InChI=1S/C20H22N4O2/c1-20(2,3)23-18-13-11-15(26-5)14(25-4)10-12(13)17-19(22-18)24-9-7-6-8-16(24)21-17/h6-11H,1-5H3,(H,22,23). The average molecular weight is 350 g/mol. The number of benzene rings is 1. The molecular formula is C20H22N4O2. The molecule has 134 valence electrons. The van der Waals surface area contributed by atoms with Gasteiger partial charge in [-0.15, -0.1) is 0 Å². The fraction of sp³-hybridized carbons (Fsp3) is 0.300. The lowest BCUT2D eigenvalue weighted by Crippen LogP contribution is -2.26. The number of imidazole rings is 1. The smallest absolute Gasteiger partial charge is 0.167 e. The van der Waals surface area contributed by atoms with E-state index >= 15 is 0 Å². The van der Waals surface area contributed by atoms with Crippen molar-refractivity contribution in [3.8, 4) is 11.5 Å². The second kappa shape index (κ2) is 5.76. The molecule has 0 spiro atoms. The summed E-state index contributed by atoms with van der Waals surface area (Å²) in [6.07, 6.45) is 1.98. The van der Waals surface area contributed by atoms with Crippen molar-refractivity contribution in [1.29, 1.82) is 0 Å². The van der Waals surface area contributed by atoms with Gasteiger partial charge in [0, 0.05) is 22.5 Å². The first-order chi connectivity index (χ1) is 12.4. The van der Waals surface area contributed by atoms with Gasteiger partial charge in [-0.2, -0.15) is 0 Å². The molecule has 0 bridgehead atoms. The molecule has 0 atom stereocenters. The highest BCUT2D eigenvalue weighted by molar-refractivity contribution is 6.09. The molecule has 0 saturated carbocycles. The number of methoxy groups -OCH3 is 2. The molecule has 0 fully saturated rings. The van der Waals surface area contributed by atoms with E-state index < -0.39 is 0 Å². The Morgan fingerprint density at radius 3 is 2.31 bits per heavy atom. The van der Waals surface area contributed by atoms with Crippen LogP contribution in [0.2, 0.25) is 0 Å². The Hall–Kier alpha value is -3.02. The molecule has 0 radical (unpaired) electrons. The van der Waals surface area contributed by atoms with Gasteiger partial charge in [-0.3, -0.25) is 4.40 Å². The molecule has 4 rings (SSSR count). The zero-order valence-electron chi connectivity index (χ0n) is 15.6. The molecule has 0 unspecified atom stereocenters. The predicted molar refractivity (Wildman–Crippen MR) is 104 cm³/mol. The van der Waals surface area contributed by atoms with E-state index in [0.29, 0.717) is 11.5 Å². The molecule has 1 aromatic carbocycles. The molecule has 3 heterocycles. The van der Waals surface area contributed by atoms with Crippen LogP contribution < -0.4 is 14.8 Å². The monoisotopic (exact) mass is 350 g/mol. The maximum Gasteiger partial charge on any atom is 0.167 e. The Morgan fingerprint density at radius 2 is 1.65 bits per heavy atom. The summed E-state index contributed by atoms with van der Waals surface area (Å²) in [5, 5.41) is 5.44. The van der Waals surface area contributed by atoms with Crippen LogP contribution in [0.1, 0.15) is 20.8 Å². The summed E-state index contributed by atoms with van der Waals surface area (Å²) >= 11 is 0. The number of hydrogen-bond acceptors (Lipinski definition) is 5. The summed E-state index contributed by atoms with van der Waals surface area (Å²) in [6, 6.07) is 9.86. The molecule has 0 aliphatic rings. The summed E-state index contributed by atoms with van der Waals surface area (Å²) in [5.74, 6) is 2.14. The maximum absolute atomic E-state index is 5.51. The number of fused-ring (bicyclic) bond motifs is 5. The molecule has 4 aromatic rings. The van der Waals surface area contributed by atoms with Crippen LogP contribution in [-0.4, -0.2) is 34.1 Å². The lowest BCUT2D eigenvalue weighted by Gasteiger charge is -2.23. The van der Waals surface area contributed by atoms with Gasteiger partial charge < -0.3 is 14.8 Å². The molecule has 6 nitrogen and oxygen atoms in total. The minimum Gasteiger partial charge on any atom is -0.493 e. The third-order valence-corrected chi connectivity index (χ3v) is 4.25. The normalized spacial score (nSPS) is 12.0. The van der Waals surface area contributed by atoms with Gasteiger partial charge in [0.1, 0.15) is 17.0 Å². The van der Waals surface area contributed by atoms with E-state index in [1.807, 2.05) is 40.9 Å². The number of hydrogen-bond donors (Lipinski definition) is 1. The van der Waals surface area contributed by atoms with E-state index in [0.717, 1.165) is 33.4 Å². The van der Waals surface area contributed by atoms with Crippen molar-refractivity contribution >= 4 is 33.4 Å². The highest BCUT2D eigenvalue weighted by Crippen LogP contribution is 2.38. The Bertz CT molecular complexity index is 1130. The fourth-order valence-electron chi connectivity index (χ4n) is 3.16. The van der Waals surface area contributed by atoms with E-state index in [2.05, 4.69) is 26.1 Å². The van der Waals surface area contributed by atoms with Crippen LogP contribution in [0.25, 0.3) is 27.6 Å². The minimum atomic E-state index is -0.138. The second-order valence-corrected chi connectivity index (χ2v) is 7.30. The number of rotatable bonds is 3. The van der Waals surface area contributed by atoms with Crippen molar-refractivity contribution in [3.63, 3.8) is 0 Å². The topological polar surface area (TPSA) is 60.7 Å². The third kappa shape index (κ3) is 2.58. The first-order valence-corrected chi connectivity index (χ1v) is 8.52. The van der Waals surface area contributed by atoms with Crippen LogP contribution in [0.15, 0.2) is 36.5 Å². The Morgan fingerprint density at radius 1 is 0.962 bits per heavy atom. The van der Waals surface area contributed by atoms with E-state index in [1.54, 1.807) is 14.2 Å². The highest BCUT2D eigenvalue weighted by atomic mass is 16.5. The zero-order chi connectivity index (χ0) is 18.5. The number of aromatic nitrogens is 3. The van der Waals surface area contributed by atoms with Crippen molar-refractivity contribution in [2.45, 2.75) is 26.3 Å². The Kier molecular flexibility index (Phi) is 3.64. The first-order valence-electron chi connectivity index (χ1n) is 8.52. The van der Waals surface area contributed by atoms with Crippen LogP contribution in [0, 0.1) is 0 Å². The summed E-state index contributed by atoms with van der Waals surface area (Å²) in [4.78, 5) is 9.69. The van der Waals surface area contributed by atoms with E-state index in [4.69, 9.17) is 19.4 Å². The van der Waals surface area contributed by atoms with Crippen LogP contribution in [0.4, 0.5) is 5.82 Å². The van der Waals surface area contributed by atoms with Gasteiger partial charge in [-0.25, -0.2) is 9.97 Å². The largest absolute Gasteiger partial charge is 0.493 e. The van der Waals surface area contributed by atoms with E-state index in [-0.39, 0.29) is 5.54 Å². The van der Waals surface area contributed by atoms with Crippen molar-refractivity contribution in [3.05, 3.63) is 36.5 Å². The average Bonchev–Trinajstić information content (AvgIpc) is 2.98. The number of anilines is 1. The SMILES string of the molecule is COc1cc2c(NC(C)(C)C)nc3c(nc4ccccn43)c2cc1OC. The van der Waals surface area contributed by atoms with Gasteiger partial charge in [0.15, 0.2) is 17.1 Å². The number of nitrogens with zero attached hydrogens (tertiary/aromatic N) is 3. The van der Waals surface area contributed by atoms with Crippen molar-refractivity contribution < 1.29 is 9.47 Å². The van der Waals surface area contributed by atoms with E-state index in [1.165, 1.54) is 0 Å². The second-order valence-electron chi connectivity index (χ2n) is 7.30. The molecule has 6 heteroatoms. The summed E-state index contributed by atoms with van der Waals surface area (Å²) < 4.78 is 13.0. The van der Waals surface area contributed by atoms with Crippen LogP contribution in [0.3, 0.4) is 0 Å². The first kappa shape index (κ1) is 16.4. The summed E-state index contributed by atoms with van der Waals surface area (Å²) in [7, 11) is 3.28. The number of nitrogens with one attached hydrogen (secondary N) is 1. The van der Waals surface area contributed by atoms with Gasteiger partial charge in [0.2, 0.25) is 0 Å². The predicted octanol–water partition coefficient (Wildman–Crippen LogP) is 4.26. The van der Waals surface area contributed by atoms with Gasteiger partial charge >= 0.3 is 0 Å². The number of pyridine rings is 2. The summed E-state index contributed by atoms with van der Waals surface area (Å²) in [5.41, 5.74) is 2.37. The molecular weight excluding hydrogens is 328 g/mol. The van der Waals surface area contributed by atoms with E-state index in [9.17, 15) is 0 Å². The van der Waals surface area contributed by atoms with Crippen LogP contribution >= 0.6 is 0 Å². The minimum absolute atomic E-state index is 0.138. The third-order valence-electron chi connectivity index (χ3n) is 4.25. The maximum atomic E-state index is 5.51. The fourth-order valence-corrected chi connectivity index (χ4v) is 3.16. The summed E-state index contributed by atoms with van der Waals surface area (Å²) in [6.45, 7) is 6.33. The van der Waals surface area contributed by atoms with Crippen molar-refractivity contribution in [2.75, 3.05) is 19.5 Å². The van der Waals surface area contributed by atoms with Gasteiger partial charge in [0.05, 0.1) is 14.2 Å². The van der Waals surface area contributed by atoms with Gasteiger partial charge in [-0.05, 0) is 45.0 Å². The Balaban J connectivity index is 2.16. The lowest BCUT2D eigenvalue weighted by atomic mass is 10.1. The van der Waals surface area contributed by atoms with Crippen LogP contribution in [-0.2, 0) is 0 Å². The molecule has 0 aliphatic carbocycles. The molecule has 0 aliphatic heterocycles. The molecule has 1 N–H and O–H groups in total. The highest BCUT2D eigenvalue weighted by Gasteiger charge is 2.20. The van der Waals surface area contributed by atoms with Gasteiger partial charge in [-0.1, -0.05) is 6.07 Å². The Labute approximate surface area is 151 Å². The number of ether oxygens (including phenoxy) is 2. The lowest BCUT2D eigenvalue weighted by molar-refractivity contribution is 0.356. The van der Waals surface area contributed by atoms with Gasteiger partial charge in [0.25, 0.3) is 0 Å². The molecule has 0 saturated heterocycles. The zero-order valence-corrected chi connectivity index (χ0v) is 15.6. The van der Waals surface area contributed by atoms with Crippen LogP contribution in [0.5, 0.6) is 11.5 Å². The van der Waals surface area contributed by atoms with Crippen molar-refractivity contribution in [1.82, 2.24) is 14.4 Å². The van der Waals surface area contributed by atoms with Crippen molar-refractivity contribution in [2.24, 2.45) is 0 Å². The molecule has 3 aromatic heterocycles. The molecule has 0 amide bonds. The molecule has 26 heavy (non-hydrogen) atoms. The quantitative estimate of drug-likeness (QED) is 0.598.